The van der Waals surface area contributed by atoms with Crippen LogP contribution in [-0.4, -0.2) is 28.0 Å². The van der Waals surface area contributed by atoms with Crippen molar-refractivity contribution in [3.63, 3.8) is 0 Å². The van der Waals surface area contributed by atoms with Crippen LogP contribution in [0, 0.1) is 5.41 Å². The van der Waals surface area contributed by atoms with Gasteiger partial charge in [0.2, 0.25) is 0 Å². The van der Waals surface area contributed by atoms with Gasteiger partial charge in [0, 0.05) is 31.3 Å². The Morgan fingerprint density at radius 1 is 1.26 bits per heavy atom. The average Bonchev–Trinajstić information content (AvgIpc) is 2.83. The highest BCUT2D eigenvalue weighted by Gasteiger charge is 2.17. The quantitative estimate of drug-likeness (QED) is 0.724. The van der Waals surface area contributed by atoms with Crippen LogP contribution >= 0.6 is 11.6 Å². The minimum absolute atomic E-state index is 0.0111. The topological polar surface area (TPSA) is 50.1 Å². The maximum Gasteiger partial charge on any atom is 0.131 e. The molecule has 0 saturated carbocycles. The second-order valence-corrected chi connectivity index (χ2v) is 7.07. The molecule has 0 aliphatic rings. The number of nitrogens with zero attached hydrogens (tertiary/aromatic N) is 2. The van der Waals surface area contributed by atoms with E-state index in [1.165, 1.54) is 0 Å². The fourth-order valence-corrected chi connectivity index (χ4v) is 2.71. The summed E-state index contributed by atoms with van der Waals surface area (Å²) in [6.45, 7) is 5.97. The maximum absolute atomic E-state index is 9.28. The summed E-state index contributed by atoms with van der Waals surface area (Å²) in [5, 5.41) is 17.9. The van der Waals surface area contributed by atoms with Crippen molar-refractivity contribution < 1.29 is 5.11 Å². The lowest BCUT2D eigenvalue weighted by Crippen LogP contribution is -2.21. The Labute approximate surface area is 143 Å². The predicted molar refractivity (Wildman–Crippen MR) is 95.5 cm³/mol. The van der Waals surface area contributed by atoms with Crippen molar-refractivity contribution in [2.75, 3.05) is 13.2 Å². The van der Waals surface area contributed by atoms with Crippen molar-refractivity contribution in [3.8, 4) is 11.3 Å². The Kier molecular flexibility index (Phi) is 6.22. The van der Waals surface area contributed by atoms with Crippen LogP contribution in [0.15, 0.2) is 30.3 Å². The molecule has 1 aromatic carbocycles. The fraction of sp³-hybridized carbons (Fsp3) is 0.500. The summed E-state index contributed by atoms with van der Waals surface area (Å²) >= 11 is 6.40. The van der Waals surface area contributed by atoms with Crippen LogP contribution in [0.25, 0.3) is 11.3 Å². The van der Waals surface area contributed by atoms with Gasteiger partial charge in [0.1, 0.15) is 5.15 Å². The van der Waals surface area contributed by atoms with Crippen LogP contribution < -0.4 is 5.32 Å². The van der Waals surface area contributed by atoms with E-state index in [1.54, 1.807) is 4.68 Å². The summed E-state index contributed by atoms with van der Waals surface area (Å²) in [7, 11) is 1.86. The van der Waals surface area contributed by atoms with Crippen molar-refractivity contribution in [1.82, 2.24) is 15.1 Å². The summed E-state index contributed by atoms with van der Waals surface area (Å²) < 4.78 is 1.72. The molecule has 0 spiro atoms. The minimum Gasteiger partial charge on any atom is -0.396 e. The number of aromatic nitrogens is 2. The molecule has 0 atom stereocenters. The standard InChI is InChI=1S/C18H26ClN3O/c1-18(2,13-23)10-7-11-20-12-15-16(21-22(3)17(15)19)14-8-5-4-6-9-14/h4-6,8-9,20,23H,7,10-13H2,1-3H3. The van der Waals surface area contributed by atoms with Crippen LogP contribution in [0.1, 0.15) is 32.3 Å². The van der Waals surface area contributed by atoms with E-state index in [-0.39, 0.29) is 12.0 Å². The van der Waals surface area contributed by atoms with Gasteiger partial charge in [0.15, 0.2) is 0 Å². The molecule has 2 rings (SSSR count). The molecule has 0 saturated heterocycles. The first-order valence-corrected chi connectivity index (χ1v) is 8.41. The highest BCUT2D eigenvalue weighted by Crippen LogP contribution is 2.28. The van der Waals surface area contributed by atoms with Crippen LogP contribution in [-0.2, 0) is 13.6 Å². The second kappa shape index (κ2) is 7.95. The highest BCUT2D eigenvalue weighted by atomic mass is 35.5. The Bertz CT molecular complexity index is 623. The number of hydrogen-bond donors (Lipinski definition) is 2. The van der Waals surface area contributed by atoms with E-state index in [0.29, 0.717) is 11.7 Å². The number of aryl methyl sites for hydroxylation is 1. The van der Waals surface area contributed by atoms with Crippen molar-refractivity contribution in [3.05, 3.63) is 41.0 Å². The van der Waals surface area contributed by atoms with Gasteiger partial charge >= 0.3 is 0 Å². The van der Waals surface area contributed by atoms with E-state index in [4.69, 9.17) is 11.6 Å². The molecule has 0 unspecified atom stereocenters. The molecule has 4 nitrogen and oxygen atoms in total. The van der Waals surface area contributed by atoms with Crippen LogP contribution in [0.2, 0.25) is 5.15 Å². The Morgan fingerprint density at radius 3 is 2.61 bits per heavy atom. The summed E-state index contributed by atoms with van der Waals surface area (Å²) in [6.07, 6.45) is 2.01. The van der Waals surface area contributed by atoms with E-state index < -0.39 is 0 Å². The molecule has 0 radical (unpaired) electrons. The maximum atomic E-state index is 9.28. The lowest BCUT2D eigenvalue weighted by molar-refractivity contribution is 0.148. The fourth-order valence-electron chi connectivity index (χ4n) is 2.52. The molecule has 2 aromatic rings. The van der Waals surface area contributed by atoms with Gasteiger partial charge in [-0.2, -0.15) is 5.10 Å². The third-order valence-electron chi connectivity index (χ3n) is 4.05. The first kappa shape index (κ1) is 18.0. The number of hydrogen-bond acceptors (Lipinski definition) is 3. The molecule has 1 heterocycles. The van der Waals surface area contributed by atoms with E-state index in [9.17, 15) is 5.11 Å². The van der Waals surface area contributed by atoms with E-state index >= 15 is 0 Å². The Balaban J connectivity index is 1.98. The molecule has 0 fully saturated rings. The van der Waals surface area contributed by atoms with Crippen LogP contribution in [0.4, 0.5) is 0 Å². The molecule has 0 aliphatic carbocycles. The third-order valence-corrected chi connectivity index (χ3v) is 4.53. The summed E-state index contributed by atoms with van der Waals surface area (Å²) in [5.41, 5.74) is 3.03. The predicted octanol–water partition coefficient (Wildman–Crippen LogP) is 3.63. The molecule has 0 amide bonds. The van der Waals surface area contributed by atoms with Gasteiger partial charge in [-0.3, -0.25) is 4.68 Å². The van der Waals surface area contributed by atoms with E-state index in [1.807, 2.05) is 37.4 Å². The number of nitrogens with one attached hydrogen (secondary N) is 1. The van der Waals surface area contributed by atoms with Gasteiger partial charge in [0.25, 0.3) is 0 Å². The largest absolute Gasteiger partial charge is 0.396 e. The zero-order valence-electron chi connectivity index (χ0n) is 14.1. The van der Waals surface area contributed by atoms with Gasteiger partial charge in [-0.05, 0) is 24.8 Å². The summed E-state index contributed by atoms with van der Waals surface area (Å²) in [5.74, 6) is 0. The number of halogens is 1. The Hall–Kier alpha value is -1.36. The van der Waals surface area contributed by atoms with Gasteiger partial charge < -0.3 is 10.4 Å². The molecule has 0 bridgehead atoms. The van der Waals surface area contributed by atoms with Gasteiger partial charge in [-0.25, -0.2) is 0 Å². The van der Waals surface area contributed by atoms with Crippen molar-refractivity contribution in [2.24, 2.45) is 12.5 Å². The first-order valence-electron chi connectivity index (χ1n) is 8.03. The van der Waals surface area contributed by atoms with Gasteiger partial charge in [0.05, 0.1) is 5.69 Å². The van der Waals surface area contributed by atoms with Crippen molar-refractivity contribution >= 4 is 11.6 Å². The number of aliphatic hydroxyl groups excluding tert-OH is 1. The normalized spacial score (nSPS) is 11.9. The molecule has 1 aromatic heterocycles. The summed E-state index contributed by atoms with van der Waals surface area (Å²) in [6, 6.07) is 10.1. The minimum atomic E-state index is -0.0111. The average molecular weight is 336 g/mol. The lowest BCUT2D eigenvalue weighted by atomic mass is 9.89. The highest BCUT2D eigenvalue weighted by molar-refractivity contribution is 6.30. The SMILES string of the molecule is Cn1nc(-c2ccccc2)c(CNCCCC(C)(C)CO)c1Cl. The van der Waals surface area contributed by atoms with Crippen LogP contribution in [0.5, 0.6) is 0 Å². The molecule has 23 heavy (non-hydrogen) atoms. The summed E-state index contributed by atoms with van der Waals surface area (Å²) in [4.78, 5) is 0. The first-order chi connectivity index (χ1) is 10.9. The Morgan fingerprint density at radius 2 is 1.96 bits per heavy atom. The second-order valence-electron chi connectivity index (χ2n) is 6.71. The zero-order valence-corrected chi connectivity index (χ0v) is 14.9. The number of rotatable bonds is 8. The smallest absolute Gasteiger partial charge is 0.131 e. The zero-order chi connectivity index (χ0) is 16.9. The molecule has 5 heteroatoms. The van der Waals surface area contributed by atoms with Crippen molar-refractivity contribution in [2.45, 2.75) is 33.2 Å². The monoisotopic (exact) mass is 335 g/mol. The molecular weight excluding hydrogens is 310 g/mol. The molecular formula is C18H26ClN3O. The van der Waals surface area contributed by atoms with E-state index in [2.05, 4.69) is 24.3 Å². The number of benzene rings is 1. The van der Waals surface area contributed by atoms with E-state index in [0.717, 1.165) is 36.2 Å². The molecule has 126 valence electrons. The van der Waals surface area contributed by atoms with Gasteiger partial charge in [-0.15, -0.1) is 0 Å². The third kappa shape index (κ3) is 4.80. The molecule has 2 N–H and O–H groups in total. The van der Waals surface area contributed by atoms with Crippen molar-refractivity contribution in [1.29, 1.82) is 0 Å². The van der Waals surface area contributed by atoms with Gasteiger partial charge in [-0.1, -0.05) is 55.8 Å². The molecule has 0 aliphatic heterocycles. The number of aliphatic hydroxyl groups is 1. The van der Waals surface area contributed by atoms with Crippen LogP contribution in [0.3, 0.4) is 0 Å². The lowest BCUT2D eigenvalue weighted by Gasteiger charge is -2.21.